The van der Waals surface area contributed by atoms with E-state index in [9.17, 15) is 0 Å². The molecular weight excluding hydrogens is 244 g/mol. The molecule has 0 radical (unpaired) electrons. The van der Waals surface area contributed by atoms with Gasteiger partial charge < -0.3 is 10.6 Å². The molecule has 5 heteroatoms. The zero-order valence-electron chi connectivity index (χ0n) is 10.3. The second kappa shape index (κ2) is 4.66. The third-order valence-corrected chi connectivity index (χ3v) is 4.23. The van der Waals surface area contributed by atoms with Gasteiger partial charge in [-0.15, -0.1) is 0 Å². The summed E-state index contributed by atoms with van der Waals surface area (Å²) in [6.07, 6.45) is 0.991. The van der Waals surface area contributed by atoms with Crippen molar-refractivity contribution in [3.8, 4) is 0 Å². The van der Waals surface area contributed by atoms with Crippen molar-refractivity contribution in [1.82, 2.24) is 9.36 Å². The summed E-state index contributed by atoms with van der Waals surface area (Å²) >= 11 is 1.46. The number of hydrogen-bond donors (Lipinski definition) is 1. The first-order valence-electron chi connectivity index (χ1n) is 6.11. The molecule has 0 saturated carbocycles. The van der Waals surface area contributed by atoms with Crippen LogP contribution in [-0.4, -0.2) is 21.9 Å². The van der Waals surface area contributed by atoms with E-state index in [1.165, 1.54) is 22.7 Å². The van der Waals surface area contributed by atoms with Crippen LogP contribution in [0.4, 0.5) is 5.13 Å². The lowest BCUT2D eigenvalue weighted by Gasteiger charge is -2.35. The molecule has 3 rings (SSSR count). The molecule has 94 valence electrons. The van der Waals surface area contributed by atoms with Crippen molar-refractivity contribution >= 4 is 16.7 Å². The summed E-state index contributed by atoms with van der Waals surface area (Å²) in [7, 11) is 0. The highest BCUT2D eigenvalue weighted by Crippen LogP contribution is 2.29. The van der Waals surface area contributed by atoms with E-state index in [0.717, 1.165) is 23.9 Å². The number of nitrogens with zero attached hydrogens (tertiary/aromatic N) is 3. The summed E-state index contributed by atoms with van der Waals surface area (Å²) in [5.41, 5.74) is 8.69. The molecule has 2 aromatic rings. The lowest BCUT2D eigenvalue weighted by molar-refractivity contribution is 0.560. The minimum atomic E-state index is 0.326. The first-order valence-corrected chi connectivity index (χ1v) is 6.89. The third-order valence-electron chi connectivity index (χ3n) is 3.39. The normalized spacial score (nSPS) is 18.8. The topological polar surface area (TPSA) is 55.0 Å². The van der Waals surface area contributed by atoms with E-state index < -0.39 is 0 Å². The van der Waals surface area contributed by atoms with Gasteiger partial charge in [0, 0.05) is 30.7 Å². The van der Waals surface area contributed by atoms with E-state index in [0.29, 0.717) is 12.6 Å². The Labute approximate surface area is 111 Å². The Morgan fingerprint density at radius 2 is 2.17 bits per heavy atom. The predicted molar refractivity (Wildman–Crippen MR) is 73.8 cm³/mol. The molecule has 1 atom stereocenters. The molecule has 1 aliphatic heterocycles. The first kappa shape index (κ1) is 11.6. The predicted octanol–water partition coefficient (Wildman–Crippen LogP) is 1.74. The van der Waals surface area contributed by atoms with E-state index in [2.05, 4.69) is 38.5 Å². The van der Waals surface area contributed by atoms with Crippen LogP contribution in [0.15, 0.2) is 24.3 Å². The van der Waals surface area contributed by atoms with Crippen LogP contribution in [0, 0.1) is 6.92 Å². The molecular formula is C13H16N4S. The van der Waals surface area contributed by atoms with Gasteiger partial charge in [0.25, 0.3) is 0 Å². The molecule has 2 N–H and O–H groups in total. The van der Waals surface area contributed by atoms with E-state index >= 15 is 0 Å². The fourth-order valence-electron chi connectivity index (χ4n) is 2.42. The molecule has 2 heterocycles. The minimum absolute atomic E-state index is 0.326. The molecule has 18 heavy (non-hydrogen) atoms. The summed E-state index contributed by atoms with van der Waals surface area (Å²) in [5.74, 6) is 0.838. The van der Waals surface area contributed by atoms with E-state index in [1.54, 1.807) is 0 Å². The van der Waals surface area contributed by atoms with Gasteiger partial charge >= 0.3 is 0 Å². The fourth-order valence-corrected chi connectivity index (χ4v) is 3.17. The minimum Gasteiger partial charge on any atom is -0.338 e. The van der Waals surface area contributed by atoms with Crippen LogP contribution in [0.25, 0.3) is 0 Å². The van der Waals surface area contributed by atoms with Crippen molar-refractivity contribution in [2.75, 3.05) is 11.4 Å². The van der Waals surface area contributed by atoms with Crippen LogP contribution in [0.2, 0.25) is 0 Å². The van der Waals surface area contributed by atoms with E-state index in [4.69, 9.17) is 5.73 Å². The number of aromatic nitrogens is 2. The number of nitrogens with two attached hydrogens (primary N) is 1. The standard InChI is InChI=1S/C13H16N4S/c1-9-15-13(18-16-9)17-8-11-5-3-2-4-10(11)6-12(17)7-14/h2-5,12H,6-8,14H2,1H3. The Balaban J connectivity index is 1.95. The maximum Gasteiger partial charge on any atom is 0.205 e. The number of anilines is 1. The molecule has 0 bridgehead atoms. The average molecular weight is 260 g/mol. The van der Waals surface area contributed by atoms with Gasteiger partial charge in [0.05, 0.1) is 0 Å². The van der Waals surface area contributed by atoms with Gasteiger partial charge in [-0.2, -0.15) is 4.37 Å². The number of benzene rings is 1. The lowest BCUT2D eigenvalue weighted by atomic mass is 9.94. The van der Waals surface area contributed by atoms with Gasteiger partial charge in [-0.05, 0) is 24.5 Å². The molecule has 0 spiro atoms. The summed E-state index contributed by atoms with van der Waals surface area (Å²) in [6.45, 7) is 3.45. The molecule has 0 saturated heterocycles. The summed E-state index contributed by atoms with van der Waals surface area (Å²) in [5, 5.41) is 0.984. The largest absolute Gasteiger partial charge is 0.338 e. The van der Waals surface area contributed by atoms with Gasteiger partial charge in [0.2, 0.25) is 5.13 Å². The van der Waals surface area contributed by atoms with Crippen molar-refractivity contribution in [2.45, 2.75) is 25.9 Å². The molecule has 1 aliphatic rings. The van der Waals surface area contributed by atoms with Crippen LogP contribution < -0.4 is 10.6 Å². The summed E-state index contributed by atoms with van der Waals surface area (Å²) < 4.78 is 4.26. The highest BCUT2D eigenvalue weighted by molar-refractivity contribution is 7.09. The lowest BCUT2D eigenvalue weighted by Crippen LogP contribution is -2.45. The maximum atomic E-state index is 5.91. The zero-order valence-corrected chi connectivity index (χ0v) is 11.2. The molecule has 0 amide bonds. The highest BCUT2D eigenvalue weighted by atomic mass is 32.1. The van der Waals surface area contributed by atoms with Crippen LogP contribution in [0.1, 0.15) is 17.0 Å². The molecule has 4 nitrogen and oxygen atoms in total. The Kier molecular flexibility index (Phi) is 3.01. The Bertz CT molecular complexity index is 551. The van der Waals surface area contributed by atoms with E-state index in [-0.39, 0.29) is 0 Å². The SMILES string of the molecule is Cc1nsc(N2Cc3ccccc3CC2CN)n1. The molecule has 1 unspecified atom stereocenters. The van der Waals surface area contributed by atoms with Gasteiger partial charge in [0.1, 0.15) is 5.82 Å². The quantitative estimate of drug-likeness (QED) is 0.893. The number of hydrogen-bond acceptors (Lipinski definition) is 5. The van der Waals surface area contributed by atoms with Crippen molar-refractivity contribution in [2.24, 2.45) is 5.73 Å². The van der Waals surface area contributed by atoms with Gasteiger partial charge in [-0.3, -0.25) is 0 Å². The van der Waals surface area contributed by atoms with Crippen LogP contribution in [-0.2, 0) is 13.0 Å². The van der Waals surface area contributed by atoms with Crippen molar-refractivity contribution in [3.05, 3.63) is 41.2 Å². The Hall–Kier alpha value is -1.46. The molecule has 0 aliphatic carbocycles. The number of rotatable bonds is 2. The van der Waals surface area contributed by atoms with Crippen molar-refractivity contribution < 1.29 is 0 Å². The first-order chi connectivity index (χ1) is 8.78. The van der Waals surface area contributed by atoms with Crippen molar-refractivity contribution in [3.63, 3.8) is 0 Å². The van der Waals surface area contributed by atoms with Gasteiger partial charge in [-0.25, -0.2) is 4.98 Å². The third kappa shape index (κ3) is 2.00. The summed E-state index contributed by atoms with van der Waals surface area (Å²) in [6, 6.07) is 8.89. The molecule has 0 fully saturated rings. The van der Waals surface area contributed by atoms with Crippen LogP contribution in [0.3, 0.4) is 0 Å². The zero-order chi connectivity index (χ0) is 12.5. The fraction of sp³-hybridized carbons (Fsp3) is 0.385. The average Bonchev–Trinajstić information content (AvgIpc) is 2.83. The van der Waals surface area contributed by atoms with Crippen LogP contribution >= 0.6 is 11.5 Å². The van der Waals surface area contributed by atoms with Gasteiger partial charge in [0.15, 0.2) is 0 Å². The number of aryl methyl sites for hydroxylation is 1. The number of fused-ring (bicyclic) bond motifs is 1. The van der Waals surface area contributed by atoms with E-state index in [1.807, 2.05) is 6.92 Å². The highest BCUT2D eigenvalue weighted by Gasteiger charge is 2.27. The smallest absolute Gasteiger partial charge is 0.205 e. The van der Waals surface area contributed by atoms with Crippen LogP contribution in [0.5, 0.6) is 0 Å². The van der Waals surface area contributed by atoms with Crippen molar-refractivity contribution in [1.29, 1.82) is 0 Å². The Morgan fingerprint density at radius 3 is 2.83 bits per heavy atom. The maximum absolute atomic E-state index is 5.91. The second-order valence-corrected chi connectivity index (χ2v) is 5.34. The summed E-state index contributed by atoms with van der Waals surface area (Å²) in [4.78, 5) is 6.77. The Morgan fingerprint density at radius 1 is 1.39 bits per heavy atom. The monoisotopic (exact) mass is 260 g/mol. The molecule has 1 aromatic heterocycles. The van der Waals surface area contributed by atoms with Gasteiger partial charge in [-0.1, -0.05) is 24.3 Å². The molecule has 1 aromatic carbocycles. The second-order valence-electron chi connectivity index (χ2n) is 4.61.